The Labute approximate surface area is 147 Å². The second kappa shape index (κ2) is 7.62. The first-order valence-corrected chi connectivity index (χ1v) is 8.34. The van der Waals surface area contributed by atoms with Crippen molar-refractivity contribution >= 4 is 16.0 Å². The summed E-state index contributed by atoms with van der Waals surface area (Å²) in [4.78, 5) is 10.6. The van der Waals surface area contributed by atoms with Gasteiger partial charge in [0.2, 0.25) is 0 Å². The second-order valence-electron chi connectivity index (χ2n) is 6.13. The molecular formula is C11H16F9N2O4S+. The standard InChI is InChI=1S/C11H15F9N2O4S/c1-22(2,6-7(23)24)5-3-4-21-27(25,26)11(19,20)9(14,15)8(12,13)10(16,17)18/h21H,3-6H2,1-2H3/p+1. The molecule has 0 fully saturated rings. The number of hydrogen-bond donors (Lipinski definition) is 2. The predicted octanol–water partition coefficient (Wildman–Crippen LogP) is 1.88. The molecule has 0 saturated carbocycles. The summed E-state index contributed by atoms with van der Waals surface area (Å²) in [7, 11) is -3.95. The summed E-state index contributed by atoms with van der Waals surface area (Å²) in [5.41, 5.74) is 0. The van der Waals surface area contributed by atoms with Gasteiger partial charge in [-0.05, 0) is 0 Å². The highest BCUT2D eigenvalue weighted by Gasteiger charge is 2.85. The number of nitrogens with one attached hydrogen (secondary N) is 1. The number of carboxylic acids is 1. The number of aliphatic carboxylic acids is 1. The van der Waals surface area contributed by atoms with Crippen molar-refractivity contribution in [3.05, 3.63) is 0 Å². The molecule has 0 aromatic rings. The Morgan fingerprint density at radius 2 is 1.41 bits per heavy atom. The van der Waals surface area contributed by atoms with Gasteiger partial charge in [0.15, 0.2) is 6.54 Å². The molecule has 0 rings (SSSR count). The zero-order chi connectivity index (χ0) is 22.1. The van der Waals surface area contributed by atoms with Crippen LogP contribution in [0.5, 0.6) is 0 Å². The Morgan fingerprint density at radius 1 is 0.963 bits per heavy atom. The fraction of sp³-hybridized carbons (Fsp3) is 0.909. The van der Waals surface area contributed by atoms with Gasteiger partial charge < -0.3 is 9.59 Å². The van der Waals surface area contributed by atoms with Gasteiger partial charge in [-0.15, -0.1) is 0 Å². The van der Waals surface area contributed by atoms with Crippen LogP contribution in [0.3, 0.4) is 0 Å². The molecule has 0 amide bonds. The van der Waals surface area contributed by atoms with E-state index in [0.29, 0.717) is 0 Å². The van der Waals surface area contributed by atoms with Gasteiger partial charge in [-0.1, -0.05) is 0 Å². The Morgan fingerprint density at radius 3 is 1.78 bits per heavy atom. The van der Waals surface area contributed by atoms with Crippen LogP contribution < -0.4 is 4.72 Å². The molecule has 16 heteroatoms. The summed E-state index contributed by atoms with van der Waals surface area (Å²) < 4.78 is 137. The summed E-state index contributed by atoms with van der Waals surface area (Å²) >= 11 is 0. The topological polar surface area (TPSA) is 83.5 Å². The van der Waals surface area contributed by atoms with E-state index >= 15 is 0 Å². The van der Waals surface area contributed by atoms with Crippen molar-refractivity contribution in [2.75, 3.05) is 33.7 Å². The number of carboxylic acid groups (broad SMARTS) is 1. The second-order valence-corrected chi connectivity index (χ2v) is 7.93. The third-order valence-electron chi connectivity index (χ3n) is 3.25. The van der Waals surface area contributed by atoms with Crippen LogP contribution >= 0.6 is 0 Å². The lowest BCUT2D eigenvalue weighted by atomic mass is 10.1. The molecule has 0 aromatic heterocycles. The summed E-state index contributed by atoms with van der Waals surface area (Å²) in [6.45, 7) is -1.68. The third-order valence-corrected chi connectivity index (χ3v) is 4.76. The molecule has 0 spiro atoms. The summed E-state index contributed by atoms with van der Waals surface area (Å²) in [5.74, 6) is -15.9. The lowest BCUT2D eigenvalue weighted by Crippen LogP contribution is -2.65. The first kappa shape index (κ1) is 25.7. The van der Waals surface area contributed by atoms with E-state index in [9.17, 15) is 52.7 Å². The molecule has 0 radical (unpaired) electrons. The molecule has 162 valence electrons. The number of sulfonamides is 1. The maximum atomic E-state index is 13.4. The van der Waals surface area contributed by atoms with Gasteiger partial charge in [0.05, 0.1) is 20.6 Å². The third kappa shape index (κ3) is 5.37. The van der Waals surface area contributed by atoms with Crippen LogP contribution in [0.1, 0.15) is 6.42 Å². The highest BCUT2D eigenvalue weighted by Crippen LogP contribution is 2.54. The van der Waals surface area contributed by atoms with Crippen molar-refractivity contribution in [3.63, 3.8) is 0 Å². The number of halogens is 9. The number of carbonyl (C=O) groups is 1. The first-order valence-electron chi connectivity index (χ1n) is 6.85. The van der Waals surface area contributed by atoms with Crippen molar-refractivity contribution in [2.45, 2.75) is 29.7 Å². The quantitative estimate of drug-likeness (QED) is 0.307. The van der Waals surface area contributed by atoms with Gasteiger partial charge in [-0.3, -0.25) is 0 Å². The Bertz CT molecular complexity index is 647. The van der Waals surface area contributed by atoms with Gasteiger partial charge in [0.25, 0.3) is 10.0 Å². The minimum absolute atomic E-state index is 0.171. The maximum Gasteiger partial charge on any atom is 0.460 e. The zero-order valence-electron chi connectivity index (χ0n) is 13.8. The van der Waals surface area contributed by atoms with E-state index in [-0.39, 0.29) is 11.0 Å². The Hall–Kier alpha value is -1.29. The molecule has 0 atom stereocenters. The van der Waals surface area contributed by atoms with Crippen LogP contribution in [0.15, 0.2) is 0 Å². The molecule has 0 bridgehead atoms. The monoisotopic (exact) mass is 443 g/mol. The number of hydrogen-bond acceptors (Lipinski definition) is 3. The lowest BCUT2D eigenvalue weighted by molar-refractivity contribution is -0.883. The van der Waals surface area contributed by atoms with E-state index in [1.165, 1.54) is 14.1 Å². The molecule has 0 aliphatic carbocycles. The highest BCUT2D eigenvalue weighted by molar-refractivity contribution is 7.90. The molecular weight excluding hydrogens is 427 g/mol. The van der Waals surface area contributed by atoms with Gasteiger partial charge in [-0.25, -0.2) is 17.9 Å². The summed E-state index contributed by atoms with van der Waals surface area (Å²) in [6, 6.07) is 0. The molecule has 0 saturated heterocycles. The van der Waals surface area contributed by atoms with Gasteiger partial charge in [0.1, 0.15) is 0 Å². The zero-order valence-corrected chi connectivity index (χ0v) is 14.6. The predicted molar refractivity (Wildman–Crippen MR) is 71.9 cm³/mol. The molecule has 0 aliphatic heterocycles. The number of nitrogens with zero attached hydrogens (tertiary/aromatic N) is 1. The molecule has 0 unspecified atom stereocenters. The van der Waals surface area contributed by atoms with Gasteiger partial charge in [0, 0.05) is 13.0 Å². The van der Waals surface area contributed by atoms with Crippen LogP contribution in [-0.2, 0) is 14.8 Å². The molecule has 27 heavy (non-hydrogen) atoms. The summed E-state index contributed by atoms with van der Waals surface area (Å²) in [5, 5.41) is 1.81. The van der Waals surface area contributed by atoms with E-state index < -0.39 is 58.8 Å². The fourth-order valence-corrected chi connectivity index (χ4v) is 2.84. The van der Waals surface area contributed by atoms with Gasteiger partial charge in [-0.2, -0.15) is 39.5 Å². The van der Waals surface area contributed by atoms with Crippen molar-refractivity contribution < 1.29 is 62.3 Å². The normalized spacial score (nSPS) is 15.1. The van der Waals surface area contributed by atoms with Crippen LogP contribution in [-0.4, -0.2) is 81.0 Å². The molecule has 0 heterocycles. The van der Waals surface area contributed by atoms with E-state index in [4.69, 9.17) is 5.11 Å². The molecule has 2 N–H and O–H groups in total. The number of alkyl halides is 9. The van der Waals surface area contributed by atoms with Crippen LogP contribution in [0.25, 0.3) is 0 Å². The van der Waals surface area contributed by atoms with Crippen molar-refractivity contribution in [1.82, 2.24) is 4.72 Å². The smallest absolute Gasteiger partial charge is 0.460 e. The Kier molecular flexibility index (Phi) is 7.25. The molecule has 0 aliphatic rings. The van der Waals surface area contributed by atoms with Crippen LogP contribution in [0.4, 0.5) is 39.5 Å². The average molecular weight is 443 g/mol. The maximum absolute atomic E-state index is 13.4. The number of rotatable bonds is 10. The number of likely N-dealkylation sites (N-methyl/N-ethyl adjacent to an activating group) is 1. The van der Waals surface area contributed by atoms with Gasteiger partial charge >= 0.3 is 29.2 Å². The van der Waals surface area contributed by atoms with Crippen molar-refractivity contribution in [2.24, 2.45) is 0 Å². The van der Waals surface area contributed by atoms with Crippen LogP contribution in [0.2, 0.25) is 0 Å². The minimum atomic E-state index is -7.32. The van der Waals surface area contributed by atoms with E-state index in [1.54, 1.807) is 0 Å². The van der Waals surface area contributed by atoms with Crippen LogP contribution in [0, 0.1) is 0 Å². The highest BCUT2D eigenvalue weighted by atomic mass is 32.2. The SMILES string of the molecule is C[N+](C)(CCCNS(=O)(=O)C(F)(F)C(F)(F)C(F)(F)C(F)(F)F)CC(=O)O. The van der Waals surface area contributed by atoms with E-state index in [1.807, 2.05) is 0 Å². The molecule has 6 nitrogen and oxygen atoms in total. The fourth-order valence-electron chi connectivity index (χ4n) is 1.78. The van der Waals surface area contributed by atoms with E-state index in [2.05, 4.69) is 0 Å². The average Bonchev–Trinajstić information content (AvgIpc) is 2.40. The number of quaternary nitrogens is 1. The largest absolute Gasteiger partial charge is 0.477 e. The molecule has 0 aromatic carbocycles. The lowest BCUT2D eigenvalue weighted by Gasteiger charge is -2.33. The van der Waals surface area contributed by atoms with E-state index in [0.717, 1.165) is 4.72 Å². The summed E-state index contributed by atoms with van der Waals surface area (Å²) in [6.07, 6.45) is -7.54. The Balaban J connectivity index is 5.27. The first-order chi connectivity index (χ1) is 11.6. The van der Waals surface area contributed by atoms with Crippen molar-refractivity contribution in [3.8, 4) is 0 Å². The minimum Gasteiger partial charge on any atom is -0.477 e. The van der Waals surface area contributed by atoms with Crippen molar-refractivity contribution in [1.29, 1.82) is 0 Å².